The third-order valence-electron chi connectivity index (χ3n) is 10.1. The zero-order chi connectivity index (χ0) is 33.0. The number of para-hydroxylation sites is 1. The monoisotopic (exact) mass is 653 g/mol. The third-order valence-corrected chi connectivity index (χ3v) is 11.2. The maximum absolute atomic E-state index is 2.45. The molecule has 0 spiro atoms. The van der Waals surface area contributed by atoms with Crippen LogP contribution >= 0.6 is 11.3 Å². The normalized spacial score (nSPS) is 11.6. The second-order valence-electron chi connectivity index (χ2n) is 12.9. The first kappa shape index (κ1) is 28.8. The van der Waals surface area contributed by atoms with Crippen molar-refractivity contribution in [2.75, 3.05) is 4.90 Å². The number of benzene rings is 8. The summed E-state index contributed by atoms with van der Waals surface area (Å²) in [7, 11) is 0. The zero-order valence-corrected chi connectivity index (χ0v) is 28.1. The number of fused-ring (bicyclic) bond motifs is 11. The number of anilines is 3. The van der Waals surface area contributed by atoms with Gasteiger partial charge in [-0.1, -0.05) is 146 Å². The van der Waals surface area contributed by atoms with Crippen LogP contribution < -0.4 is 4.90 Å². The number of hydrogen-bond donors (Lipinski definition) is 0. The van der Waals surface area contributed by atoms with Crippen LogP contribution in [0.1, 0.15) is 0 Å². The van der Waals surface area contributed by atoms with Crippen molar-refractivity contribution in [3.63, 3.8) is 0 Å². The van der Waals surface area contributed by atoms with Gasteiger partial charge in [0.1, 0.15) is 0 Å². The second-order valence-corrected chi connectivity index (χ2v) is 13.9. The summed E-state index contributed by atoms with van der Waals surface area (Å²) in [5.74, 6) is 0. The molecule has 1 nitrogen and oxygen atoms in total. The van der Waals surface area contributed by atoms with Gasteiger partial charge < -0.3 is 4.90 Å². The molecule has 1 aliphatic rings. The van der Waals surface area contributed by atoms with Crippen LogP contribution in [0, 0.1) is 0 Å². The zero-order valence-electron chi connectivity index (χ0n) is 27.3. The lowest BCUT2D eigenvalue weighted by molar-refractivity contribution is 1.29. The molecule has 50 heavy (non-hydrogen) atoms. The van der Waals surface area contributed by atoms with Gasteiger partial charge in [-0.25, -0.2) is 0 Å². The minimum Gasteiger partial charge on any atom is -0.310 e. The summed E-state index contributed by atoms with van der Waals surface area (Å²) in [6.07, 6.45) is 0. The highest BCUT2D eigenvalue weighted by Gasteiger charge is 2.24. The molecule has 1 aromatic heterocycles. The minimum atomic E-state index is 1.12. The molecule has 0 saturated carbocycles. The lowest BCUT2D eigenvalue weighted by atomic mass is 9.81. The van der Waals surface area contributed by atoms with Crippen molar-refractivity contribution in [3.8, 4) is 55.6 Å². The number of rotatable bonds is 4. The third kappa shape index (κ3) is 4.61. The van der Waals surface area contributed by atoms with E-state index in [1.54, 1.807) is 0 Å². The predicted molar refractivity (Wildman–Crippen MR) is 215 cm³/mol. The first-order chi connectivity index (χ1) is 24.8. The van der Waals surface area contributed by atoms with E-state index in [0.29, 0.717) is 0 Å². The molecule has 0 fully saturated rings. The Bertz CT molecular complexity index is 2710. The first-order valence-electron chi connectivity index (χ1n) is 17.1. The summed E-state index contributed by atoms with van der Waals surface area (Å²) >= 11 is 1.86. The topological polar surface area (TPSA) is 3.24 Å². The Morgan fingerprint density at radius 3 is 1.42 bits per heavy atom. The maximum atomic E-state index is 2.45. The van der Waals surface area contributed by atoms with Crippen LogP contribution in [0.5, 0.6) is 0 Å². The molecule has 0 radical (unpaired) electrons. The van der Waals surface area contributed by atoms with E-state index in [1.807, 2.05) is 11.3 Å². The van der Waals surface area contributed by atoms with E-state index in [-0.39, 0.29) is 0 Å². The predicted octanol–water partition coefficient (Wildman–Crippen LogP) is 14.2. The van der Waals surface area contributed by atoms with Crippen molar-refractivity contribution in [2.24, 2.45) is 0 Å². The Kier molecular flexibility index (Phi) is 6.75. The van der Waals surface area contributed by atoms with E-state index in [0.717, 1.165) is 17.1 Å². The Hall–Kier alpha value is -6.22. The van der Waals surface area contributed by atoms with E-state index in [4.69, 9.17) is 0 Å². The molecule has 0 amide bonds. The van der Waals surface area contributed by atoms with E-state index in [1.165, 1.54) is 75.8 Å². The van der Waals surface area contributed by atoms with Gasteiger partial charge >= 0.3 is 0 Å². The molecule has 8 aromatic carbocycles. The van der Waals surface area contributed by atoms with E-state index >= 15 is 0 Å². The molecule has 0 saturated heterocycles. The van der Waals surface area contributed by atoms with Gasteiger partial charge in [0.2, 0.25) is 0 Å². The average molecular weight is 654 g/mol. The highest BCUT2D eigenvalue weighted by atomic mass is 32.1. The van der Waals surface area contributed by atoms with Crippen LogP contribution in [0.3, 0.4) is 0 Å². The van der Waals surface area contributed by atoms with Gasteiger partial charge in [-0.3, -0.25) is 0 Å². The number of hydrogen-bond acceptors (Lipinski definition) is 2. The molecule has 9 aromatic rings. The van der Waals surface area contributed by atoms with Gasteiger partial charge in [-0.2, -0.15) is 0 Å². The Morgan fingerprint density at radius 1 is 0.300 bits per heavy atom. The highest BCUT2D eigenvalue weighted by Crippen LogP contribution is 2.50. The molecular weight excluding hydrogens is 623 g/mol. The fraction of sp³-hybridized carbons (Fsp3) is 0. The lowest BCUT2D eigenvalue weighted by Crippen LogP contribution is -2.11. The van der Waals surface area contributed by atoms with Gasteiger partial charge in [0.15, 0.2) is 0 Å². The molecule has 10 rings (SSSR count). The van der Waals surface area contributed by atoms with Crippen molar-refractivity contribution in [2.45, 2.75) is 0 Å². The van der Waals surface area contributed by atoms with E-state index in [9.17, 15) is 0 Å². The van der Waals surface area contributed by atoms with Crippen molar-refractivity contribution >= 4 is 48.6 Å². The van der Waals surface area contributed by atoms with Crippen LogP contribution in [-0.2, 0) is 0 Å². The van der Waals surface area contributed by atoms with Crippen LogP contribution in [0.4, 0.5) is 17.1 Å². The van der Waals surface area contributed by atoms with Gasteiger partial charge in [0.25, 0.3) is 0 Å². The maximum Gasteiger partial charge on any atom is 0.0540 e. The fourth-order valence-corrected chi connectivity index (χ4v) is 8.88. The van der Waals surface area contributed by atoms with Crippen molar-refractivity contribution in [3.05, 3.63) is 188 Å². The SMILES string of the molecule is c1ccc(-c2ccccc2N(c2ccc3c(c2)-c2ccccc2-c2ccccc2-c2ccccc2-3)c2ccc3sc4ccccc4c3c2)cc1. The minimum absolute atomic E-state index is 1.12. The summed E-state index contributed by atoms with van der Waals surface area (Å²) in [4.78, 5) is 2.45. The molecule has 0 atom stereocenters. The molecule has 2 heteroatoms. The molecule has 234 valence electrons. The quantitative estimate of drug-likeness (QED) is 0.183. The summed E-state index contributed by atoms with van der Waals surface area (Å²) in [6, 6.07) is 68.9. The number of thiophene rings is 1. The average Bonchev–Trinajstić information content (AvgIpc) is 3.56. The highest BCUT2D eigenvalue weighted by molar-refractivity contribution is 7.25. The Balaban J connectivity index is 1.26. The smallest absolute Gasteiger partial charge is 0.0540 e. The van der Waals surface area contributed by atoms with Crippen LogP contribution in [-0.4, -0.2) is 0 Å². The number of nitrogens with zero attached hydrogens (tertiary/aromatic N) is 1. The molecule has 0 unspecified atom stereocenters. The molecule has 0 aliphatic heterocycles. The van der Waals surface area contributed by atoms with Gasteiger partial charge in [0, 0.05) is 37.1 Å². The Labute approximate surface area is 296 Å². The van der Waals surface area contributed by atoms with E-state index < -0.39 is 0 Å². The van der Waals surface area contributed by atoms with Crippen LogP contribution in [0.15, 0.2) is 188 Å². The van der Waals surface area contributed by atoms with Crippen molar-refractivity contribution < 1.29 is 0 Å². The van der Waals surface area contributed by atoms with Gasteiger partial charge in [0.05, 0.1) is 5.69 Å². The van der Waals surface area contributed by atoms with Crippen LogP contribution in [0.25, 0.3) is 75.8 Å². The second kappa shape index (κ2) is 11.7. The molecule has 0 N–H and O–H groups in total. The summed E-state index contributed by atoms with van der Waals surface area (Å²) < 4.78 is 2.61. The lowest BCUT2D eigenvalue weighted by Gasteiger charge is -2.30. The van der Waals surface area contributed by atoms with E-state index in [2.05, 4.69) is 193 Å². The van der Waals surface area contributed by atoms with Crippen molar-refractivity contribution in [1.29, 1.82) is 0 Å². The molecule has 1 aliphatic carbocycles. The van der Waals surface area contributed by atoms with Gasteiger partial charge in [-0.05, 0) is 92.5 Å². The molecule has 1 heterocycles. The van der Waals surface area contributed by atoms with Crippen molar-refractivity contribution in [1.82, 2.24) is 0 Å². The summed E-state index contributed by atoms with van der Waals surface area (Å²) in [6.45, 7) is 0. The standard InChI is InChI=1S/C48H31NS/c1-2-14-32(15-3-1)35-16-10-12-24-46(35)49(34-27-29-48-45(31-34)43-23-11-13-25-47(43)50-48)33-26-28-42-40-21-7-6-19-38(40)36-17-4-5-18-37(36)39-20-8-9-22-41(39)44(42)30-33/h1-31H. The van der Waals surface area contributed by atoms with Gasteiger partial charge in [-0.15, -0.1) is 11.3 Å². The fourth-order valence-electron chi connectivity index (χ4n) is 7.80. The Morgan fingerprint density at radius 2 is 0.760 bits per heavy atom. The largest absolute Gasteiger partial charge is 0.310 e. The summed E-state index contributed by atoms with van der Waals surface area (Å²) in [5.41, 5.74) is 15.8. The molecule has 0 bridgehead atoms. The molecular formula is C48H31NS. The first-order valence-corrected chi connectivity index (χ1v) is 17.9. The summed E-state index contributed by atoms with van der Waals surface area (Å²) in [5, 5.41) is 2.58. The van der Waals surface area contributed by atoms with Crippen LogP contribution in [0.2, 0.25) is 0 Å².